The average molecular weight is 355 g/mol. The van der Waals surface area contributed by atoms with Crippen LogP contribution in [-0.4, -0.2) is 33.2 Å². The van der Waals surface area contributed by atoms with Gasteiger partial charge in [-0.1, -0.05) is 18.6 Å². The van der Waals surface area contributed by atoms with Crippen LogP contribution in [0.3, 0.4) is 0 Å². The van der Waals surface area contributed by atoms with E-state index in [9.17, 15) is 4.79 Å². The number of nitrogens with one attached hydrogen (secondary N) is 1. The number of para-hydroxylation sites is 2. The van der Waals surface area contributed by atoms with Crippen LogP contribution in [0.5, 0.6) is 0 Å². The number of carbonyl (C=O) groups excluding carboxylic acids is 1. The van der Waals surface area contributed by atoms with Crippen LogP contribution < -0.4 is 5.32 Å². The summed E-state index contributed by atoms with van der Waals surface area (Å²) in [4.78, 5) is 17.4. The second-order valence-corrected chi connectivity index (χ2v) is 8.12. The van der Waals surface area contributed by atoms with Crippen LogP contribution in [0.4, 0.5) is 0 Å². The molecule has 2 fully saturated rings. The van der Waals surface area contributed by atoms with Gasteiger partial charge in [-0.2, -0.15) is 0 Å². The number of hydrogen-bond acceptors (Lipinski definition) is 3. The van der Waals surface area contributed by atoms with E-state index in [0.29, 0.717) is 25.3 Å². The molecule has 2 bridgehead atoms. The van der Waals surface area contributed by atoms with Crippen molar-refractivity contribution in [2.24, 2.45) is 17.8 Å². The van der Waals surface area contributed by atoms with Crippen molar-refractivity contribution in [3.63, 3.8) is 0 Å². The van der Waals surface area contributed by atoms with E-state index in [-0.39, 0.29) is 18.6 Å². The molecular formula is C21H29N3O2. The minimum absolute atomic E-state index is 0.0636. The second-order valence-electron chi connectivity index (χ2n) is 8.12. The molecule has 2 aliphatic rings. The number of hydrogen-bond donors (Lipinski definition) is 2. The van der Waals surface area contributed by atoms with Gasteiger partial charge in [-0.3, -0.25) is 4.79 Å². The van der Waals surface area contributed by atoms with Gasteiger partial charge in [0, 0.05) is 19.1 Å². The molecule has 0 spiro atoms. The van der Waals surface area contributed by atoms with Crippen molar-refractivity contribution in [1.29, 1.82) is 0 Å². The third kappa shape index (κ3) is 3.37. The lowest BCUT2D eigenvalue weighted by molar-refractivity contribution is -0.122. The summed E-state index contributed by atoms with van der Waals surface area (Å²) in [6, 6.07) is 8.17. The Morgan fingerprint density at radius 3 is 2.92 bits per heavy atom. The number of imidazole rings is 1. The zero-order chi connectivity index (χ0) is 18.1. The summed E-state index contributed by atoms with van der Waals surface area (Å²) in [5.41, 5.74) is 1.90. The number of carbonyl (C=O) groups is 1. The molecule has 2 aliphatic carbocycles. The van der Waals surface area contributed by atoms with Crippen LogP contribution >= 0.6 is 0 Å². The normalized spacial score (nSPS) is 25.7. The average Bonchev–Trinajstić information content (AvgIpc) is 3.34. The standard InChI is InChI=1S/C21H29N3O2/c1-14(17-12-15-8-9-16(17)11-15)22-21(26)13-24-19-6-3-2-5-18(19)23-20(24)7-4-10-25/h2-3,5-6,14-17,25H,4,7-13H2,1H3,(H,22,26). The van der Waals surface area contributed by atoms with Gasteiger partial charge in [0.05, 0.1) is 11.0 Å². The molecule has 5 heteroatoms. The first-order chi connectivity index (χ1) is 12.7. The van der Waals surface area contributed by atoms with Gasteiger partial charge in [0.1, 0.15) is 12.4 Å². The van der Waals surface area contributed by atoms with Gasteiger partial charge in [-0.05, 0) is 62.5 Å². The molecule has 4 unspecified atom stereocenters. The number of aromatic nitrogens is 2. The summed E-state index contributed by atoms with van der Waals surface area (Å²) in [5, 5.41) is 12.4. The lowest BCUT2D eigenvalue weighted by Crippen LogP contribution is -2.41. The number of rotatable bonds is 7. The third-order valence-corrected chi connectivity index (χ3v) is 6.42. The Bertz CT molecular complexity index is 785. The summed E-state index contributed by atoms with van der Waals surface area (Å²) in [6.45, 7) is 2.60. The quantitative estimate of drug-likeness (QED) is 0.802. The largest absolute Gasteiger partial charge is 0.396 e. The highest BCUT2D eigenvalue weighted by molar-refractivity contribution is 5.81. The topological polar surface area (TPSA) is 67.2 Å². The zero-order valence-electron chi connectivity index (χ0n) is 15.5. The summed E-state index contributed by atoms with van der Waals surface area (Å²) < 4.78 is 2.01. The first-order valence-corrected chi connectivity index (χ1v) is 10.00. The Labute approximate surface area is 154 Å². The lowest BCUT2D eigenvalue weighted by atomic mass is 9.84. The SMILES string of the molecule is CC(NC(=O)Cn1c(CCCO)nc2ccccc21)C1CC2CCC1C2. The van der Waals surface area contributed by atoms with E-state index in [0.717, 1.165) is 28.7 Å². The van der Waals surface area contributed by atoms with Crippen LogP contribution in [0.15, 0.2) is 24.3 Å². The zero-order valence-corrected chi connectivity index (χ0v) is 15.5. The maximum Gasteiger partial charge on any atom is 0.240 e. The van der Waals surface area contributed by atoms with Crippen LogP contribution in [0, 0.1) is 17.8 Å². The van der Waals surface area contributed by atoms with Crippen molar-refractivity contribution in [2.45, 2.75) is 58.0 Å². The van der Waals surface area contributed by atoms with Crippen molar-refractivity contribution in [3.05, 3.63) is 30.1 Å². The molecule has 4 rings (SSSR count). The van der Waals surface area contributed by atoms with Crippen molar-refractivity contribution < 1.29 is 9.90 Å². The van der Waals surface area contributed by atoms with Gasteiger partial charge in [0.25, 0.3) is 0 Å². The Balaban J connectivity index is 1.46. The number of nitrogens with zero attached hydrogens (tertiary/aromatic N) is 2. The van der Waals surface area contributed by atoms with E-state index >= 15 is 0 Å². The van der Waals surface area contributed by atoms with E-state index in [1.54, 1.807) is 0 Å². The van der Waals surface area contributed by atoms with Gasteiger partial charge in [0.15, 0.2) is 0 Å². The van der Waals surface area contributed by atoms with Crippen molar-refractivity contribution in [3.8, 4) is 0 Å². The molecule has 26 heavy (non-hydrogen) atoms. The van der Waals surface area contributed by atoms with Gasteiger partial charge in [-0.15, -0.1) is 0 Å². The van der Waals surface area contributed by atoms with E-state index in [4.69, 9.17) is 5.11 Å². The monoisotopic (exact) mass is 355 g/mol. The third-order valence-electron chi connectivity index (χ3n) is 6.42. The highest BCUT2D eigenvalue weighted by atomic mass is 16.3. The Hall–Kier alpha value is -1.88. The fourth-order valence-corrected chi connectivity index (χ4v) is 5.19. The van der Waals surface area contributed by atoms with E-state index in [1.807, 2.05) is 28.8 Å². The summed E-state index contributed by atoms with van der Waals surface area (Å²) in [7, 11) is 0. The molecule has 0 aliphatic heterocycles. The van der Waals surface area contributed by atoms with Gasteiger partial charge in [0.2, 0.25) is 5.91 Å². The Kier molecular flexibility index (Phi) is 4.98. The Morgan fingerprint density at radius 2 is 2.19 bits per heavy atom. The van der Waals surface area contributed by atoms with E-state index < -0.39 is 0 Å². The number of amides is 1. The van der Waals surface area contributed by atoms with Crippen LogP contribution in [0.1, 0.15) is 44.9 Å². The molecule has 2 N–H and O–H groups in total. The molecule has 1 aromatic heterocycles. The van der Waals surface area contributed by atoms with Gasteiger partial charge in [-0.25, -0.2) is 4.98 Å². The minimum atomic E-state index is 0.0636. The second kappa shape index (κ2) is 7.39. The molecular weight excluding hydrogens is 326 g/mol. The fraction of sp³-hybridized carbons (Fsp3) is 0.619. The summed E-state index contributed by atoms with van der Waals surface area (Å²) in [5.74, 6) is 3.29. The molecule has 2 saturated carbocycles. The molecule has 1 amide bonds. The molecule has 0 radical (unpaired) electrons. The molecule has 0 saturated heterocycles. The summed E-state index contributed by atoms with van der Waals surface area (Å²) in [6.07, 6.45) is 6.71. The fourth-order valence-electron chi connectivity index (χ4n) is 5.19. The van der Waals surface area contributed by atoms with Crippen LogP contribution in [-0.2, 0) is 17.8 Å². The number of aliphatic hydroxyl groups excluding tert-OH is 1. The van der Waals surface area contributed by atoms with Crippen molar-refractivity contribution >= 4 is 16.9 Å². The highest BCUT2D eigenvalue weighted by Gasteiger charge is 2.42. The lowest BCUT2D eigenvalue weighted by Gasteiger charge is -2.28. The molecule has 2 aromatic rings. The van der Waals surface area contributed by atoms with Crippen molar-refractivity contribution in [2.75, 3.05) is 6.61 Å². The number of benzene rings is 1. The van der Waals surface area contributed by atoms with E-state index in [2.05, 4.69) is 17.2 Å². The number of fused-ring (bicyclic) bond motifs is 3. The Morgan fingerprint density at radius 1 is 1.35 bits per heavy atom. The molecule has 1 heterocycles. The molecule has 1 aromatic carbocycles. The minimum Gasteiger partial charge on any atom is -0.396 e. The van der Waals surface area contributed by atoms with Gasteiger partial charge < -0.3 is 15.0 Å². The van der Waals surface area contributed by atoms with E-state index in [1.165, 1.54) is 25.7 Å². The summed E-state index contributed by atoms with van der Waals surface area (Å²) >= 11 is 0. The number of aliphatic hydroxyl groups is 1. The maximum atomic E-state index is 12.7. The maximum absolute atomic E-state index is 12.7. The number of aryl methyl sites for hydroxylation is 1. The van der Waals surface area contributed by atoms with Crippen LogP contribution in [0.2, 0.25) is 0 Å². The molecule has 4 atom stereocenters. The van der Waals surface area contributed by atoms with Crippen molar-refractivity contribution in [1.82, 2.24) is 14.9 Å². The molecule has 140 valence electrons. The van der Waals surface area contributed by atoms with Crippen LogP contribution in [0.25, 0.3) is 11.0 Å². The first-order valence-electron chi connectivity index (χ1n) is 10.00. The first kappa shape index (κ1) is 17.5. The smallest absolute Gasteiger partial charge is 0.240 e. The van der Waals surface area contributed by atoms with Gasteiger partial charge >= 0.3 is 0 Å². The molecule has 5 nitrogen and oxygen atoms in total. The predicted octanol–water partition coefficient (Wildman–Crippen LogP) is 2.90. The highest BCUT2D eigenvalue weighted by Crippen LogP contribution is 2.49. The predicted molar refractivity (Wildman–Crippen MR) is 102 cm³/mol.